The van der Waals surface area contributed by atoms with Crippen molar-refractivity contribution in [3.8, 4) is 0 Å². The SMILES string of the molecule is CN(C)S(=O)(=O)N=C1[C@@H]2CC[C@H]1Cc1ccccc1C2. The minimum atomic E-state index is -3.51. The van der Waals surface area contributed by atoms with Crippen LogP contribution in [-0.4, -0.2) is 32.5 Å². The summed E-state index contributed by atoms with van der Waals surface area (Å²) in [5, 5.41) is 0. The van der Waals surface area contributed by atoms with E-state index in [4.69, 9.17) is 0 Å². The van der Waals surface area contributed by atoms with Gasteiger partial charge in [-0.15, -0.1) is 0 Å². The smallest absolute Gasteiger partial charge is 0.189 e. The van der Waals surface area contributed by atoms with Gasteiger partial charge in [0, 0.05) is 31.6 Å². The van der Waals surface area contributed by atoms with E-state index >= 15 is 0 Å². The van der Waals surface area contributed by atoms with Crippen LogP contribution >= 0.6 is 0 Å². The molecule has 0 saturated heterocycles. The highest BCUT2D eigenvalue weighted by atomic mass is 32.2. The molecule has 0 radical (unpaired) electrons. The summed E-state index contributed by atoms with van der Waals surface area (Å²) in [6.07, 6.45) is 3.96. The van der Waals surface area contributed by atoms with Crippen molar-refractivity contribution in [2.45, 2.75) is 25.7 Å². The fraction of sp³-hybridized carbons (Fsp3) is 0.533. The van der Waals surface area contributed by atoms with Crippen LogP contribution in [0.15, 0.2) is 28.7 Å². The number of nitrogens with zero attached hydrogens (tertiary/aromatic N) is 2. The molecular formula is C15H20N2O2S. The largest absolute Gasteiger partial charge is 0.321 e. The molecule has 4 nitrogen and oxygen atoms in total. The van der Waals surface area contributed by atoms with Crippen molar-refractivity contribution in [2.75, 3.05) is 14.1 Å². The number of benzene rings is 1. The van der Waals surface area contributed by atoms with E-state index in [0.717, 1.165) is 31.4 Å². The molecule has 2 aliphatic carbocycles. The van der Waals surface area contributed by atoms with Gasteiger partial charge in [-0.2, -0.15) is 17.1 Å². The molecular weight excluding hydrogens is 272 g/mol. The minimum absolute atomic E-state index is 0.290. The average molecular weight is 292 g/mol. The Balaban J connectivity index is 2.00. The molecule has 2 bridgehead atoms. The van der Waals surface area contributed by atoms with Crippen LogP contribution in [0.1, 0.15) is 24.0 Å². The number of rotatable bonds is 2. The fourth-order valence-corrected chi connectivity index (χ4v) is 4.02. The number of fused-ring (bicyclic) bond motifs is 3. The Labute approximate surface area is 120 Å². The molecule has 1 aromatic carbocycles. The van der Waals surface area contributed by atoms with Gasteiger partial charge in [-0.05, 0) is 36.8 Å². The van der Waals surface area contributed by atoms with Crippen molar-refractivity contribution in [2.24, 2.45) is 16.2 Å². The fourth-order valence-electron chi connectivity index (χ4n) is 3.30. The highest BCUT2D eigenvalue weighted by molar-refractivity contribution is 7.87. The van der Waals surface area contributed by atoms with Crippen molar-refractivity contribution in [3.63, 3.8) is 0 Å². The van der Waals surface area contributed by atoms with E-state index < -0.39 is 10.2 Å². The quantitative estimate of drug-likeness (QED) is 0.837. The predicted octanol–water partition coefficient (Wildman–Crippen LogP) is 2.06. The van der Waals surface area contributed by atoms with E-state index in [-0.39, 0.29) is 0 Å². The molecule has 2 aliphatic rings. The summed E-state index contributed by atoms with van der Waals surface area (Å²) in [6, 6.07) is 8.44. The Hall–Kier alpha value is -1.20. The molecule has 0 aliphatic heterocycles. The van der Waals surface area contributed by atoms with Crippen LogP contribution in [0, 0.1) is 11.8 Å². The van der Waals surface area contributed by atoms with Crippen LogP contribution in [-0.2, 0) is 23.1 Å². The number of hydrogen-bond acceptors (Lipinski definition) is 2. The molecule has 1 fully saturated rings. The maximum absolute atomic E-state index is 12.0. The first-order valence-electron chi connectivity index (χ1n) is 7.06. The second-order valence-electron chi connectivity index (χ2n) is 5.92. The summed E-state index contributed by atoms with van der Waals surface area (Å²) in [5.74, 6) is 0.580. The Morgan fingerprint density at radius 2 is 1.55 bits per heavy atom. The van der Waals surface area contributed by atoms with Gasteiger partial charge in [-0.3, -0.25) is 0 Å². The maximum Gasteiger partial charge on any atom is 0.321 e. The van der Waals surface area contributed by atoms with Gasteiger partial charge in [0.2, 0.25) is 0 Å². The normalized spacial score (nSPS) is 27.6. The summed E-state index contributed by atoms with van der Waals surface area (Å²) in [5.41, 5.74) is 3.61. The monoisotopic (exact) mass is 292 g/mol. The minimum Gasteiger partial charge on any atom is -0.189 e. The highest BCUT2D eigenvalue weighted by Gasteiger charge is 2.37. The van der Waals surface area contributed by atoms with Gasteiger partial charge >= 0.3 is 10.2 Å². The molecule has 0 unspecified atom stereocenters. The molecule has 3 rings (SSSR count). The molecule has 0 N–H and O–H groups in total. The summed E-state index contributed by atoms with van der Waals surface area (Å²) < 4.78 is 29.4. The second-order valence-corrected chi connectivity index (χ2v) is 7.73. The van der Waals surface area contributed by atoms with Crippen LogP contribution in [0.4, 0.5) is 0 Å². The van der Waals surface area contributed by atoms with E-state index in [1.165, 1.54) is 29.5 Å². The first kappa shape index (κ1) is 13.8. The lowest BCUT2D eigenvalue weighted by Crippen LogP contribution is -2.24. The molecule has 2 atom stereocenters. The molecule has 1 saturated carbocycles. The average Bonchev–Trinajstić information content (AvgIpc) is 2.65. The predicted molar refractivity (Wildman–Crippen MR) is 80.1 cm³/mol. The Bertz CT molecular complexity index is 615. The van der Waals surface area contributed by atoms with Gasteiger partial charge < -0.3 is 0 Å². The summed E-state index contributed by atoms with van der Waals surface area (Å²) in [4.78, 5) is 0. The third-order valence-electron chi connectivity index (χ3n) is 4.43. The molecule has 0 aromatic heterocycles. The summed E-state index contributed by atoms with van der Waals surface area (Å²) >= 11 is 0. The summed E-state index contributed by atoms with van der Waals surface area (Å²) in [6.45, 7) is 0. The lowest BCUT2D eigenvalue weighted by Gasteiger charge is -2.13. The lowest BCUT2D eigenvalue weighted by atomic mass is 9.94. The van der Waals surface area contributed by atoms with Crippen molar-refractivity contribution in [1.29, 1.82) is 0 Å². The molecule has 20 heavy (non-hydrogen) atoms. The third-order valence-corrected chi connectivity index (χ3v) is 5.80. The first-order valence-corrected chi connectivity index (χ1v) is 8.46. The van der Waals surface area contributed by atoms with Crippen LogP contribution in [0.2, 0.25) is 0 Å². The standard InChI is InChI=1S/C15H20N2O2S/c1-17(2)20(18,19)16-15-13-7-8-14(15)10-12-6-4-3-5-11(12)9-13/h3-6,13-14H,7-10H2,1-2H3/t13-,14+. The zero-order chi connectivity index (χ0) is 14.3. The van der Waals surface area contributed by atoms with Gasteiger partial charge in [0.1, 0.15) is 0 Å². The van der Waals surface area contributed by atoms with Crippen LogP contribution in [0.3, 0.4) is 0 Å². The van der Waals surface area contributed by atoms with Crippen molar-refractivity contribution in [3.05, 3.63) is 35.4 Å². The lowest BCUT2D eigenvalue weighted by molar-refractivity contribution is 0.522. The van der Waals surface area contributed by atoms with E-state index in [0.29, 0.717) is 11.8 Å². The van der Waals surface area contributed by atoms with Crippen molar-refractivity contribution >= 4 is 15.9 Å². The van der Waals surface area contributed by atoms with Crippen molar-refractivity contribution in [1.82, 2.24) is 4.31 Å². The highest BCUT2D eigenvalue weighted by Crippen LogP contribution is 2.38. The van der Waals surface area contributed by atoms with Crippen LogP contribution < -0.4 is 0 Å². The van der Waals surface area contributed by atoms with Gasteiger partial charge in [0.15, 0.2) is 0 Å². The molecule has 108 valence electrons. The molecule has 0 spiro atoms. The number of hydrogen-bond donors (Lipinski definition) is 0. The van der Waals surface area contributed by atoms with Gasteiger partial charge in [-0.1, -0.05) is 24.3 Å². The Morgan fingerprint density at radius 1 is 1.05 bits per heavy atom. The van der Waals surface area contributed by atoms with Gasteiger partial charge in [-0.25, -0.2) is 0 Å². The second kappa shape index (κ2) is 4.97. The summed E-state index contributed by atoms with van der Waals surface area (Å²) in [7, 11) is -0.437. The maximum atomic E-state index is 12.0. The Morgan fingerprint density at radius 3 is 2.00 bits per heavy atom. The third kappa shape index (κ3) is 2.40. The van der Waals surface area contributed by atoms with Crippen LogP contribution in [0.25, 0.3) is 0 Å². The zero-order valence-corrected chi connectivity index (χ0v) is 12.7. The van der Waals surface area contributed by atoms with Crippen molar-refractivity contribution < 1.29 is 8.42 Å². The molecule has 1 aromatic rings. The van der Waals surface area contributed by atoms with Crippen LogP contribution in [0.5, 0.6) is 0 Å². The molecule has 0 amide bonds. The molecule has 0 heterocycles. The van der Waals surface area contributed by atoms with Gasteiger partial charge in [0.25, 0.3) is 0 Å². The molecule has 5 heteroatoms. The van der Waals surface area contributed by atoms with Gasteiger partial charge in [0.05, 0.1) is 0 Å². The zero-order valence-electron chi connectivity index (χ0n) is 11.9. The first-order chi connectivity index (χ1) is 9.47. The Kier molecular flexibility index (Phi) is 3.42. The van der Waals surface area contributed by atoms with E-state index in [1.807, 2.05) is 0 Å². The van der Waals surface area contributed by atoms with E-state index in [2.05, 4.69) is 28.7 Å². The topological polar surface area (TPSA) is 49.7 Å². The van der Waals surface area contributed by atoms with E-state index in [1.54, 1.807) is 0 Å². The van der Waals surface area contributed by atoms with E-state index in [9.17, 15) is 8.42 Å².